The molecule has 28 heavy (non-hydrogen) atoms. The van der Waals surface area contributed by atoms with Crippen molar-refractivity contribution in [2.75, 3.05) is 44.2 Å². The van der Waals surface area contributed by atoms with Crippen molar-refractivity contribution >= 4 is 34.8 Å². The fourth-order valence-corrected chi connectivity index (χ4v) is 4.90. The third kappa shape index (κ3) is 5.55. The second-order valence-electron chi connectivity index (χ2n) is 7.98. The number of piperazine rings is 1. The van der Waals surface area contributed by atoms with Crippen LogP contribution in [-0.2, 0) is 4.79 Å². The molecule has 2 heterocycles. The molecule has 0 radical (unpaired) electrons. The molecule has 0 aromatic heterocycles. The topological polar surface area (TPSA) is 26.8 Å². The molecule has 1 aromatic carbocycles. The molecule has 0 N–H and O–H groups in total. The highest BCUT2D eigenvalue weighted by Crippen LogP contribution is 2.32. The molecule has 0 spiro atoms. The Balaban J connectivity index is 0.000000167. The number of anilines is 1. The summed E-state index contributed by atoms with van der Waals surface area (Å²) < 4.78 is 0. The zero-order chi connectivity index (χ0) is 19.9. The SMILES string of the molecule is CCN1CCN(c2cccc(Cl)c2Cl)CC1.O=C1CCCN1C1CCCCC1. The summed E-state index contributed by atoms with van der Waals surface area (Å²) in [6, 6.07) is 6.43. The molecular weight excluding hydrogens is 393 g/mol. The second-order valence-corrected chi connectivity index (χ2v) is 8.76. The number of likely N-dealkylation sites (N-methyl/N-ethyl adjacent to an activating group) is 1. The van der Waals surface area contributed by atoms with Crippen LogP contribution in [-0.4, -0.2) is 61.0 Å². The Morgan fingerprint density at radius 2 is 1.68 bits per heavy atom. The van der Waals surface area contributed by atoms with Gasteiger partial charge in [-0.3, -0.25) is 4.79 Å². The van der Waals surface area contributed by atoms with Gasteiger partial charge in [0.2, 0.25) is 5.91 Å². The fourth-order valence-electron chi connectivity index (χ4n) is 4.49. The van der Waals surface area contributed by atoms with E-state index in [4.69, 9.17) is 23.2 Å². The minimum absolute atomic E-state index is 0.405. The zero-order valence-corrected chi connectivity index (χ0v) is 18.5. The van der Waals surface area contributed by atoms with Crippen LogP contribution >= 0.6 is 23.2 Å². The van der Waals surface area contributed by atoms with E-state index in [1.165, 1.54) is 32.1 Å². The summed E-state index contributed by atoms with van der Waals surface area (Å²) in [6.07, 6.45) is 8.44. The van der Waals surface area contributed by atoms with E-state index in [0.717, 1.165) is 57.8 Å². The van der Waals surface area contributed by atoms with E-state index in [1.807, 2.05) is 18.2 Å². The number of amides is 1. The number of hydrogen-bond donors (Lipinski definition) is 0. The Kier molecular flexibility index (Phi) is 8.31. The van der Waals surface area contributed by atoms with Crippen LogP contribution in [0.1, 0.15) is 51.9 Å². The summed E-state index contributed by atoms with van der Waals surface area (Å²) in [5.41, 5.74) is 1.06. The van der Waals surface area contributed by atoms with Gasteiger partial charge in [-0.05, 0) is 37.9 Å². The van der Waals surface area contributed by atoms with Crippen LogP contribution < -0.4 is 4.90 Å². The summed E-state index contributed by atoms with van der Waals surface area (Å²) in [6.45, 7) is 8.59. The smallest absolute Gasteiger partial charge is 0.222 e. The lowest BCUT2D eigenvalue weighted by molar-refractivity contribution is -0.130. The van der Waals surface area contributed by atoms with E-state index < -0.39 is 0 Å². The molecular formula is C22H33Cl2N3O. The Morgan fingerprint density at radius 1 is 0.964 bits per heavy atom. The minimum atomic E-state index is 0.405. The number of carbonyl (C=O) groups excluding carboxylic acids is 1. The maximum atomic E-state index is 11.4. The van der Waals surface area contributed by atoms with Gasteiger partial charge < -0.3 is 14.7 Å². The van der Waals surface area contributed by atoms with Crippen molar-refractivity contribution in [1.82, 2.24) is 9.80 Å². The number of benzene rings is 1. The molecule has 2 aliphatic heterocycles. The Labute approximate surface area is 179 Å². The Hall–Kier alpha value is -0.970. The van der Waals surface area contributed by atoms with Gasteiger partial charge in [0, 0.05) is 45.2 Å². The van der Waals surface area contributed by atoms with Crippen LogP contribution in [0.2, 0.25) is 10.0 Å². The maximum Gasteiger partial charge on any atom is 0.222 e. The Morgan fingerprint density at radius 3 is 2.29 bits per heavy atom. The van der Waals surface area contributed by atoms with Crippen LogP contribution in [0.25, 0.3) is 0 Å². The van der Waals surface area contributed by atoms with E-state index in [2.05, 4.69) is 21.6 Å². The lowest BCUT2D eigenvalue weighted by Crippen LogP contribution is -2.46. The third-order valence-corrected chi connectivity index (χ3v) is 7.03. The van der Waals surface area contributed by atoms with Crippen molar-refractivity contribution in [3.05, 3.63) is 28.2 Å². The number of rotatable bonds is 3. The number of carbonyl (C=O) groups is 1. The molecule has 4 nitrogen and oxygen atoms in total. The van der Waals surface area contributed by atoms with Crippen molar-refractivity contribution in [1.29, 1.82) is 0 Å². The zero-order valence-electron chi connectivity index (χ0n) is 17.0. The molecule has 6 heteroatoms. The second kappa shape index (κ2) is 10.7. The van der Waals surface area contributed by atoms with Crippen LogP contribution in [0.3, 0.4) is 0 Å². The molecule has 0 atom stereocenters. The van der Waals surface area contributed by atoms with Crippen LogP contribution in [0.15, 0.2) is 18.2 Å². The van der Waals surface area contributed by atoms with Gasteiger partial charge in [0.05, 0.1) is 15.7 Å². The molecule has 0 bridgehead atoms. The first-order valence-electron chi connectivity index (χ1n) is 10.8. The van der Waals surface area contributed by atoms with Gasteiger partial charge in [0.15, 0.2) is 0 Å². The van der Waals surface area contributed by atoms with Gasteiger partial charge >= 0.3 is 0 Å². The van der Waals surface area contributed by atoms with E-state index in [9.17, 15) is 4.79 Å². The highest BCUT2D eigenvalue weighted by atomic mass is 35.5. The minimum Gasteiger partial charge on any atom is -0.368 e. The summed E-state index contributed by atoms with van der Waals surface area (Å²) in [5.74, 6) is 0.405. The van der Waals surface area contributed by atoms with Crippen molar-refractivity contribution in [3.8, 4) is 0 Å². The quantitative estimate of drug-likeness (QED) is 0.675. The maximum absolute atomic E-state index is 11.4. The number of hydrogen-bond acceptors (Lipinski definition) is 3. The first kappa shape index (κ1) is 21.7. The van der Waals surface area contributed by atoms with Crippen molar-refractivity contribution < 1.29 is 4.79 Å². The highest BCUT2D eigenvalue weighted by molar-refractivity contribution is 6.43. The van der Waals surface area contributed by atoms with Crippen LogP contribution in [0.4, 0.5) is 5.69 Å². The van der Waals surface area contributed by atoms with E-state index in [0.29, 0.717) is 22.0 Å². The predicted octanol–water partition coefficient (Wildman–Crippen LogP) is 5.08. The standard InChI is InChI=1S/C12H16Cl2N2.C10H17NO/c1-2-15-6-8-16(9-7-15)11-5-3-4-10(13)12(11)14;12-10-7-4-8-11(10)9-5-2-1-3-6-9/h3-5H,2,6-9H2,1H3;9H,1-8H2. The average Bonchev–Trinajstić information content (AvgIpc) is 3.17. The molecule has 156 valence electrons. The summed E-state index contributed by atoms with van der Waals surface area (Å²) >= 11 is 12.2. The molecule has 3 aliphatic rings. The molecule has 1 aliphatic carbocycles. The van der Waals surface area contributed by atoms with Crippen molar-refractivity contribution in [2.45, 2.75) is 57.9 Å². The lowest BCUT2D eigenvalue weighted by atomic mass is 9.94. The van der Waals surface area contributed by atoms with Crippen LogP contribution in [0.5, 0.6) is 0 Å². The van der Waals surface area contributed by atoms with Gasteiger partial charge in [-0.25, -0.2) is 0 Å². The average molecular weight is 426 g/mol. The Bertz CT molecular complexity index is 641. The lowest BCUT2D eigenvalue weighted by Gasteiger charge is -2.36. The van der Waals surface area contributed by atoms with E-state index >= 15 is 0 Å². The third-order valence-electron chi connectivity index (χ3n) is 6.22. The largest absolute Gasteiger partial charge is 0.368 e. The van der Waals surface area contributed by atoms with Crippen molar-refractivity contribution in [2.24, 2.45) is 0 Å². The molecule has 3 fully saturated rings. The summed E-state index contributed by atoms with van der Waals surface area (Å²) in [4.78, 5) is 18.3. The first-order valence-corrected chi connectivity index (χ1v) is 11.6. The van der Waals surface area contributed by atoms with E-state index in [-0.39, 0.29) is 0 Å². The number of nitrogens with zero attached hydrogens (tertiary/aromatic N) is 3. The monoisotopic (exact) mass is 425 g/mol. The molecule has 1 saturated carbocycles. The van der Waals surface area contributed by atoms with Gasteiger partial charge in [0.25, 0.3) is 0 Å². The highest BCUT2D eigenvalue weighted by Gasteiger charge is 2.28. The van der Waals surface area contributed by atoms with Crippen molar-refractivity contribution in [3.63, 3.8) is 0 Å². The van der Waals surface area contributed by atoms with Crippen LogP contribution in [0, 0.1) is 0 Å². The first-order chi connectivity index (χ1) is 13.6. The molecule has 1 aromatic rings. The fraction of sp³-hybridized carbons (Fsp3) is 0.682. The normalized spacial score (nSPS) is 21.6. The number of likely N-dealkylation sites (tertiary alicyclic amines) is 1. The summed E-state index contributed by atoms with van der Waals surface area (Å²) in [7, 11) is 0. The molecule has 0 unspecified atom stereocenters. The van der Waals surface area contributed by atoms with Gasteiger partial charge in [-0.15, -0.1) is 0 Å². The molecule has 4 rings (SSSR count). The molecule has 2 saturated heterocycles. The summed E-state index contributed by atoms with van der Waals surface area (Å²) in [5, 5.41) is 1.31. The molecule has 1 amide bonds. The predicted molar refractivity (Wildman–Crippen MR) is 119 cm³/mol. The van der Waals surface area contributed by atoms with Gasteiger partial charge in [-0.1, -0.05) is 55.5 Å². The van der Waals surface area contributed by atoms with Gasteiger partial charge in [0.1, 0.15) is 0 Å². The number of halogens is 2. The van der Waals surface area contributed by atoms with E-state index in [1.54, 1.807) is 0 Å². The van der Waals surface area contributed by atoms with Gasteiger partial charge in [-0.2, -0.15) is 0 Å².